The largest absolute Gasteiger partial charge is 0.490 e. The van der Waals surface area contributed by atoms with Gasteiger partial charge in [-0.15, -0.1) is 0 Å². The predicted octanol–water partition coefficient (Wildman–Crippen LogP) is 4.42. The first-order valence-corrected chi connectivity index (χ1v) is 10.8. The molecule has 0 bridgehead atoms. The van der Waals surface area contributed by atoms with Crippen LogP contribution in [0.3, 0.4) is 0 Å². The third-order valence-corrected chi connectivity index (χ3v) is 7.95. The number of ketones is 1. The van der Waals surface area contributed by atoms with Gasteiger partial charge in [-0.2, -0.15) is 0 Å². The number of carbonyl (C=O) groups excluding carboxylic acids is 1. The third kappa shape index (κ3) is 2.92. The van der Waals surface area contributed by atoms with E-state index in [-0.39, 0.29) is 47.9 Å². The first-order chi connectivity index (χ1) is 13.4. The third-order valence-electron chi connectivity index (χ3n) is 5.35. The van der Waals surface area contributed by atoms with E-state index in [4.69, 9.17) is 4.74 Å². The number of benzene rings is 2. The molecule has 2 atom stereocenters. The molecule has 1 saturated carbocycles. The van der Waals surface area contributed by atoms with Crippen molar-refractivity contribution in [2.24, 2.45) is 5.92 Å². The molecule has 2 aromatic carbocycles. The van der Waals surface area contributed by atoms with Gasteiger partial charge in [-0.05, 0) is 30.7 Å². The summed E-state index contributed by atoms with van der Waals surface area (Å²) in [6, 6.07) is 9.54. The Bertz CT molecular complexity index is 989. The van der Waals surface area contributed by atoms with Crippen LogP contribution in [0.4, 0.5) is 8.78 Å². The normalized spacial score (nSPS) is 23.6. The number of rotatable bonds is 2. The molecule has 1 aliphatic heterocycles. The quantitative estimate of drug-likeness (QED) is 0.738. The highest BCUT2D eigenvalue weighted by Crippen LogP contribution is 2.55. The van der Waals surface area contributed by atoms with Crippen LogP contribution < -0.4 is 4.74 Å². The molecule has 2 aliphatic rings. The van der Waals surface area contributed by atoms with E-state index in [1.807, 2.05) is 13.8 Å². The molecule has 1 fully saturated rings. The van der Waals surface area contributed by atoms with E-state index in [9.17, 15) is 22.0 Å². The number of fused-ring (bicyclic) bond motifs is 3. The topological polar surface area (TPSA) is 60.4 Å². The Kier molecular flexibility index (Phi) is 5.57. The van der Waals surface area contributed by atoms with Crippen molar-refractivity contribution in [1.82, 2.24) is 0 Å². The molecule has 4 nitrogen and oxygen atoms in total. The monoisotopic (exact) mass is 408 g/mol. The zero-order valence-electron chi connectivity index (χ0n) is 15.7. The van der Waals surface area contributed by atoms with Gasteiger partial charge < -0.3 is 4.74 Å². The maximum absolute atomic E-state index is 14.8. The minimum Gasteiger partial charge on any atom is -0.490 e. The van der Waals surface area contributed by atoms with Crippen LogP contribution in [0.15, 0.2) is 47.4 Å². The van der Waals surface area contributed by atoms with E-state index < -0.39 is 32.1 Å². The van der Waals surface area contributed by atoms with Gasteiger partial charge >= 0.3 is 0 Å². The smallest absolute Gasteiger partial charge is 0.188 e. The van der Waals surface area contributed by atoms with Gasteiger partial charge in [0, 0.05) is 18.8 Å². The van der Waals surface area contributed by atoms with E-state index in [0.29, 0.717) is 0 Å². The van der Waals surface area contributed by atoms with Crippen molar-refractivity contribution in [3.05, 3.63) is 59.7 Å². The van der Waals surface area contributed by atoms with Crippen LogP contribution in [0, 0.1) is 17.6 Å². The summed E-state index contributed by atoms with van der Waals surface area (Å²) >= 11 is 0. The van der Waals surface area contributed by atoms with E-state index in [2.05, 4.69) is 0 Å². The fraction of sp³-hybridized carbons (Fsp3) is 0.381. The van der Waals surface area contributed by atoms with Crippen molar-refractivity contribution < 1.29 is 26.7 Å². The van der Waals surface area contributed by atoms with Crippen LogP contribution >= 0.6 is 0 Å². The summed E-state index contributed by atoms with van der Waals surface area (Å²) < 4.78 is 60.0. The van der Waals surface area contributed by atoms with Crippen LogP contribution in [0.1, 0.15) is 38.7 Å². The average Bonchev–Trinajstić information content (AvgIpc) is 2.72. The summed E-state index contributed by atoms with van der Waals surface area (Å²) in [7, 11) is -4.10. The number of sulfone groups is 1. The van der Waals surface area contributed by atoms with E-state index in [1.54, 1.807) is 18.2 Å². The van der Waals surface area contributed by atoms with Crippen LogP contribution in [-0.4, -0.2) is 20.8 Å². The van der Waals surface area contributed by atoms with Crippen LogP contribution in [-0.2, 0) is 19.4 Å². The lowest BCUT2D eigenvalue weighted by Gasteiger charge is -2.46. The van der Waals surface area contributed by atoms with Crippen molar-refractivity contribution in [3.63, 3.8) is 0 Å². The van der Waals surface area contributed by atoms with Gasteiger partial charge in [0.2, 0.25) is 0 Å². The molecule has 0 saturated heterocycles. The number of hydrogen-bond acceptors (Lipinski definition) is 4. The molecule has 0 spiro atoms. The Morgan fingerprint density at radius 1 is 1.04 bits per heavy atom. The molecule has 4 rings (SSSR count). The molecule has 0 radical (unpaired) electrons. The fourth-order valence-electron chi connectivity index (χ4n) is 4.14. The van der Waals surface area contributed by atoms with Gasteiger partial charge in [0.15, 0.2) is 21.4 Å². The van der Waals surface area contributed by atoms with Crippen LogP contribution in [0.5, 0.6) is 5.75 Å². The number of hydrogen-bond donors (Lipinski definition) is 0. The zero-order valence-corrected chi connectivity index (χ0v) is 16.6. The van der Waals surface area contributed by atoms with Crippen molar-refractivity contribution in [3.8, 4) is 5.75 Å². The summed E-state index contributed by atoms with van der Waals surface area (Å²) in [6.07, 6.45) is -0.135. The molecule has 0 unspecified atom stereocenters. The Morgan fingerprint density at radius 2 is 1.68 bits per heavy atom. The summed E-state index contributed by atoms with van der Waals surface area (Å²) in [5, 5.41) is 0. The molecule has 0 aromatic heterocycles. The van der Waals surface area contributed by atoms with Crippen molar-refractivity contribution in [2.45, 2.75) is 42.8 Å². The Labute approximate surface area is 163 Å². The number of halogens is 2. The fourth-order valence-corrected chi connectivity index (χ4v) is 6.50. The molecule has 0 N–H and O–H groups in total. The standard InChI is InChI=1S/C19H16F2O4S.C2H6/c20-15-6-7-16(21)18-17(15)19(9-8-13(22)10-12(19)11-25-18)26(23,24)14-4-2-1-3-5-14;1-2/h1-7,12H,8-11H2;1-2H3/t12-,19+;/m1./s1. The second-order valence-electron chi connectivity index (χ2n) is 6.69. The SMILES string of the molecule is CC.O=C1CC[C@@]2(S(=O)(=O)c3ccccc3)c3c(F)ccc(F)c3OC[C@H]2C1. The van der Waals surface area contributed by atoms with Crippen molar-refractivity contribution in [1.29, 1.82) is 0 Å². The van der Waals surface area contributed by atoms with E-state index >= 15 is 0 Å². The molecule has 0 amide bonds. The van der Waals surface area contributed by atoms with Crippen molar-refractivity contribution >= 4 is 15.6 Å². The molecule has 1 heterocycles. The summed E-state index contributed by atoms with van der Waals surface area (Å²) in [4.78, 5) is 12.0. The molecule has 150 valence electrons. The van der Waals surface area contributed by atoms with Gasteiger partial charge in [-0.25, -0.2) is 17.2 Å². The van der Waals surface area contributed by atoms with Gasteiger partial charge in [0.25, 0.3) is 0 Å². The second kappa shape index (κ2) is 7.62. The van der Waals surface area contributed by atoms with Gasteiger partial charge in [0.1, 0.15) is 16.3 Å². The van der Waals surface area contributed by atoms with Crippen LogP contribution in [0.25, 0.3) is 0 Å². The zero-order chi connectivity index (χ0) is 20.5. The minimum absolute atomic E-state index is 0.00203. The second-order valence-corrected chi connectivity index (χ2v) is 8.90. The van der Waals surface area contributed by atoms with Gasteiger partial charge in [-0.1, -0.05) is 32.0 Å². The molecule has 28 heavy (non-hydrogen) atoms. The molecule has 1 aliphatic carbocycles. The van der Waals surface area contributed by atoms with Gasteiger partial charge in [0.05, 0.1) is 17.1 Å². The van der Waals surface area contributed by atoms with Gasteiger partial charge in [-0.3, -0.25) is 4.79 Å². The lowest BCUT2D eigenvalue weighted by Crippen LogP contribution is -2.52. The minimum atomic E-state index is -4.10. The molecule has 7 heteroatoms. The number of Topliss-reactive ketones (excluding diaryl/α,β-unsaturated/α-hetero) is 1. The highest BCUT2D eigenvalue weighted by Gasteiger charge is 2.59. The first-order valence-electron chi connectivity index (χ1n) is 9.30. The first kappa shape index (κ1) is 20.5. The maximum atomic E-state index is 14.8. The van der Waals surface area contributed by atoms with Crippen molar-refractivity contribution in [2.75, 3.05) is 6.61 Å². The Morgan fingerprint density at radius 3 is 2.36 bits per heavy atom. The lowest BCUT2D eigenvalue weighted by molar-refractivity contribution is -0.123. The lowest BCUT2D eigenvalue weighted by atomic mass is 9.72. The molecular formula is C21H22F2O4S. The Balaban J connectivity index is 0.00000109. The summed E-state index contributed by atoms with van der Waals surface area (Å²) in [6.45, 7) is 3.85. The highest BCUT2D eigenvalue weighted by atomic mass is 32.2. The van der Waals surface area contributed by atoms with E-state index in [1.165, 1.54) is 12.1 Å². The number of carbonyl (C=O) groups is 1. The predicted molar refractivity (Wildman–Crippen MR) is 101 cm³/mol. The summed E-state index contributed by atoms with van der Waals surface area (Å²) in [5.41, 5.74) is -0.287. The average molecular weight is 408 g/mol. The highest BCUT2D eigenvalue weighted by molar-refractivity contribution is 7.92. The number of ether oxygens (including phenoxy) is 1. The molecule has 2 aromatic rings. The Hall–Kier alpha value is -2.28. The molecular weight excluding hydrogens is 386 g/mol. The maximum Gasteiger partial charge on any atom is 0.188 e. The summed E-state index contributed by atoms with van der Waals surface area (Å²) in [5.74, 6) is -2.87. The van der Waals surface area contributed by atoms with E-state index in [0.717, 1.165) is 12.1 Å². The van der Waals surface area contributed by atoms with Crippen LogP contribution in [0.2, 0.25) is 0 Å².